The molecule has 3 heteroatoms. The molecule has 0 aliphatic carbocycles. The largest absolute Gasteiger partial charge is 0.396 e. The molecule has 0 amide bonds. The minimum absolute atomic E-state index is 0.282. The first-order chi connectivity index (χ1) is 4.81. The average molecular weight is 146 g/mol. The molecule has 0 heterocycles. The maximum absolute atomic E-state index is 8.43. The van der Waals surface area contributed by atoms with Gasteiger partial charge in [-0.05, 0) is 17.6 Å². The monoisotopic (exact) mass is 146 g/mol. The zero-order valence-corrected chi connectivity index (χ0v) is 6.71. The molecule has 0 saturated heterocycles. The van der Waals surface area contributed by atoms with E-state index < -0.39 is 0 Å². The van der Waals surface area contributed by atoms with Crippen LogP contribution >= 0.6 is 0 Å². The third kappa shape index (κ3) is 5.56. The molecule has 0 unspecified atom stereocenters. The molecule has 0 fully saturated rings. The molecule has 0 aromatic heterocycles. The van der Waals surface area contributed by atoms with Gasteiger partial charge < -0.3 is 5.11 Å². The number of hydrogen-bond donors (Lipinski definition) is 1. The van der Waals surface area contributed by atoms with Crippen LogP contribution in [-0.2, 0) is 4.84 Å². The van der Waals surface area contributed by atoms with Gasteiger partial charge >= 0.3 is 0 Å². The summed E-state index contributed by atoms with van der Waals surface area (Å²) in [4.78, 5) is 4.85. The van der Waals surface area contributed by atoms with Crippen molar-refractivity contribution >= 4 is 6.21 Å². The second-order valence-electron chi connectivity index (χ2n) is 2.13. The Labute approximate surface area is 61.9 Å². The molecule has 0 aromatic carbocycles. The number of rotatable bonds is 5. The van der Waals surface area contributed by atoms with E-state index >= 15 is 0 Å². The van der Waals surface area contributed by atoms with Crippen LogP contribution in [0.25, 0.3) is 0 Å². The predicted molar refractivity (Wildman–Crippen MR) is 40.2 cm³/mol. The van der Waals surface area contributed by atoms with Crippen molar-refractivity contribution in [2.45, 2.75) is 19.3 Å². The van der Waals surface area contributed by atoms with E-state index in [-0.39, 0.29) is 6.61 Å². The molecule has 0 rings (SSSR count). The molecular formula is C7H16NO2+. The average Bonchev–Trinajstić information content (AvgIpc) is 1.98. The van der Waals surface area contributed by atoms with Gasteiger partial charge in [0.25, 0.3) is 0 Å². The highest BCUT2D eigenvalue weighted by Gasteiger charge is 1.90. The molecule has 1 N–H and O–H groups in total. The van der Waals surface area contributed by atoms with Crippen LogP contribution in [0.2, 0.25) is 0 Å². The van der Waals surface area contributed by atoms with Crippen molar-refractivity contribution in [2.24, 2.45) is 0 Å². The van der Waals surface area contributed by atoms with E-state index in [0.717, 1.165) is 19.3 Å². The van der Waals surface area contributed by atoms with Gasteiger partial charge in [-0.25, -0.2) is 0 Å². The van der Waals surface area contributed by atoms with Gasteiger partial charge in [-0.3, -0.25) is 4.84 Å². The molecule has 60 valence electrons. The van der Waals surface area contributed by atoms with E-state index in [4.69, 9.17) is 9.94 Å². The fourth-order valence-corrected chi connectivity index (χ4v) is 0.604. The Morgan fingerprint density at radius 1 is 1.50 bits per heavy atom. The molecule has 0 aliphatic heterocycles. The van der Waals surface area contributed by atoms with Crippen molar-refractivity contribution in [1.82, 2.24) is 0 Å². The lowest BCUT2D eigenvalue weighted by molar-refractivity contribution is -0.758. The highest BCUT2D eigenvalue weighted by molar-refractivity contribution is 5.50. The lowest BCUT2D eigenvalue weighted by atomic mass is 10.2. The number of hydroxylamine groups is 1. The Balaban J connectivity index is 3.16. The maximum atomic E-state index is 8.43. The smallest absolute Gasteiger partial charge is 0.192 e. The van der Waals surface area contributed by atoms with Crippen LogP contribution in [0.5, 0.6) is 0 Å². The van der Waals surface area contributed by atoms with Crippen molar-refractivity contribution in [1.29, 1.82) is 0 Å². The SMILES string of the molecule is CO/[N+](C)=C\CCCCO. The Kier molecular flexibility index (Phi) is 6.18. The second-order valence-corrected chi connectivity index (χ2v) is 2.13. The molecule has 3 nitrogen and oxygen atoms in total. The summed E-state index contributed by atoms with van der Waals surface area (Å²) in [5.41, 5.74) is 0. The Bertz CT molecular complexity index is 102. The van der Waals surface area contributed by atoms with Gasteiger partial charge in [0.2, 0.25) is 0 Å². The number of hydrogen-bond acceptors (Lipinski definition) is 2. The lowest BCUT2D eigenvalue weighted by Gasteiger charge is -1.91. The van der Waals surface area contributed by atoms with E-state index in [1.807, 2.05) is 13.3 Å². The molecule has 10 heavy (non-hydrogen) atoms. The van der Waals surface area contributed by atoms with Crippen molar-refractivity contribution < 1.29 is 14.7 Å². The number of unbranched alkanes of at least 4 members (excludes halogenated alkanes) is 2. The van der Waals surface area contributed by atoms with E-state index in [1.165, 1.54) is 0 Å². The quantitative estimate of drug-likeness (QED) is 0.264. The summed E-state index contributed by atoms with van der Waals surface area (Å²) in [5, 5.41) is 8.43. The highest BCUT2D eigenvalue weighted by atomic mass is 16.6. The summed E-state index contributed by atoms with van der Waals surface area (Å²) in [6.07, 6.45) is 4.80. The zero-order chi connectivity index (χ0) is 7.82. The molecule has 0 atom stereocenters. The van der Waals surface area contributed by atoms with E-state index in [1.54, 1.807) is 11.8 Å². The Hall–Kier alpha value is -0.570. The first-order valence-corrected chi connectivity index (χ1v) is 3.52. The second kappa shape index (κ2) is 6.55. The first kappa shape index (κ1) is 9.43. The summed E-state index contributed by atoms with van der Waals surface area (Å²) in [5.74, 6) is 0. The van der Waals surface area contributed by atoms with Crippen LogP contribution in [0.15, 0.2) is 0 Å². The van der Waals surface area contributed by atoms with Crippen molar-refractivity contribution in [2.75, 3.05) is 20.8 Å². The normalized spacial score (nSPS) is 11.7. The molecule has 0 aliphatic rings. The molecule has 0 radical (unpaired) electrons. The van der Waals surface area contributed by atoms with Gasteiger partial charge in [0.05, 0.1) is 0 Å². The van der Waals surface area contributed by atoms with Gasteiger partial charge in [0, 0.05) is 13.0 Å². The fraction of sp³-hybridized carbons (Fsp3) is 0.857. The third-order valence-corrected chi connectivity index (χ3v) is 1.29. The molecule has 0 bridgehead atoms. The summed E-state index contributed by atoms with van der Waals surface area (Å²) < 4.78 is 1.66. The van der Waals surface area contributed by atoms with Crippen molar-refractivity contribution in [3.8, 4) is 0 Å². The van der Waals surface area contributed by atoms with Crippen LogP contribution < -0.4 is 0 Å². The van der Waals surface area contributed by atoms with E-state index in [2.05, 4.69) is 0 Å². The van der Waals surface area contributed by atoms with E-state index in [0.29, 0.717) is 0 Å². The minimum Gasteiger partial charge on any atom is -0.396 e. The highest BCUT2D eigenvalue weighted by Crippen LogP contribution is 1.89. The number of aliphatic hydroxyl groups excluding tert-OH is 1. The lowest BCUT2D eigenvalue weighted by Crippen LogP contribution is -2.04. The topological polar surface area (TPSA) is 32.5 Å². The Morgan fingerprint density at radius 2 is 2.20 bits per heavy atom. The van der Waals surface area contributed by atoms with E-state index in [9.17, 15) is 0 Å². The summed E-state index contributed by atoms with van der Waals surface area (Å²) in [7, 11) is 3.47. The van der Waals surface area contributed by atoms with Gasteiger partial charge in [-0.15, -0.1) is 0 Å². The molecule has 0 spiro atoms. The van der Waals surface area contributed by atoms with Gasteiger partial charge in [-0.1, -0.05) is 0 Å². The van der Waals surface area contributed by atoms with Crippen LogP contribution in [-0.4, -0.2) is 36.8 Å². The molecule has 0 saturated carbocycles. The third-order valence-electron chi connectivity index (χ3n) is 1.29. The summed E-state index contributed by atoms with van der Waals surface area (Å²) >= 11 is 0. The maximum Gasteiger partial charge on any atom is 0.192 e. The Morgan fingerprint density at radius 3 is 2.70 bits per heavy atom. The fourth-order valence-electron chi connectivity index (χ4n) is 0.604. The summed E-state index contributed by atoms with van der Waals surface area (Å²) in [6.45, 7) is 0.282. The van der Waals surface area contributed by atoms with Crippen molar-refractivity contribution in [3.63, 3.8) is 0 Å². The summed E-state index contributed by atoms with van der Waals surface area (Å²) in [6, 6.07) is 0. The predicted octanol–water partition coefficient (Wildman–Crippen LogP) is 0.424. The van der Waals surface area contributed by atoms with Crippen LogP contribution in [0.4, 0.5) is 0 Å². The van der Waals surface area contributed by atoms with Gasteiger partial charge in [0.1, 0.15) is 7.11 Å². The first-order valence-electron chi connectivity index (χ1n) is 3.52. The van der Waals surface area contributed by atoms with Crippen LogP contribution in [0.1, 0.15) is 19.3 Å². The molecular weight excluding hydrogens is 130 g/mol. The molecule has 0 aromatic rings. The number of aliphatic hydroxyl groups is 1. The van der Waals surface area contributed by atoms with Gasteiger partial charge in [-0.2, -0.15) is 0 Å². The van der Waals surface area contributed by atoms with Crippen LogP contribution in [0, 0.1) is 0 Å². The minimum atomic E-state index is 0.282. The van der Waals surface area contributed by atoms with Crippen molar-refractivity contribution in [3.05, 3.63) is 0 Å². The standard InChI is InChI=1S/C7H16NO2/c1-8(10-2)6-4-3-5-7-9/h6,9H,3-5,7H2,1-2H3/q+1/b8-6-. The zero-order valence-electron chi connectivity index (χ0n) is 6.71. The van der Waals surface area contributed by atoms with Gasteiger partial charge in [0.15, 0.2) is 13.3 Å². The number of nitrogens with zero attached hydrogens (tertiary/aromatic N) is 1. The van der Waals surface area contributed by atoms with Crippen LogP contribution in [0.3, 0.4) is 0 Å².